The number of methoxy groups -OCH3 is 3. The van der Waals surface area contributed by atoms with Gasteiger partial charge in [0.2, 0.25) is 5.75 Å². The van der Waals surface area contributed by atoms with Gasteiger partial charge in [-0.1, -0.05) is 0 Å². The number of ether oxygens (including phenoxy) is 3. The number of hydrogen-bond donors (Lipinski definition) is 1. The largest absolute Gasteiger partial charge is 0.492 e. The van der Waals surface area contributed by atoms with E-state index in [0.717, 1.165) is 15.6 Å². The highest BCUT2D eigenvalue weighted by Crippen LogP contribution is 2.43. The van der Waals surface area contributed by atoms with E-state index >= 15 is 0 Å². The molecular formula is C12H18INO3. The summed E-state index contributed by atoms with van der Waals surface area (Å²) in [5.74, 6) is 2.01. The van der Waals surface area contributed by atoms with Gasteiger partial charge in [-0.2, -0.15) is 0 Å². The Labute approximate surface area is 116 Å². The van der Waals surface area contributed by atoms with Gasteiger partial charge in [-0.05, 0) is 42.0 Å². The molecule has 1 aromatic rings. The third kappa shape index (κ3) is 3.16. The standard InChI is InChI=1S/C12H18INO3/c1-7(14)5-8-6-9(13)11(16-3)12(17-4)10(8)15-2/h6-7H,5,14H2,1-4H3. The van der Waals surface area contributed by atoms with Crippen LogP contribution in [0.2, 0.25) is 0 Å². The van der Waals surface area contributed by atoms with Gasteiger partial charge in [-0.3, -0.25) is 0 Å². The quantitative estimate of drug-likeness (QED) is 0.827. The molecule has 0 aliphatic rings. The molecule has 0 saturated carbocycles. The summed E-state index contributed by atoms with van der Waals surface area (Å²) in [6.45, 7) is 1.96. The summed E-state index contributed by atoms with van der Waals surface area (Å²) in [7, 11) is 4.84. The van der Waals surface area contributed by atoms with Crippen LogP contribution in [0.25, 0.3) is 0 Å². The number of halogens is 1. The smallest absolute Gasteiger partial charge is 0.204 e. The Morgan fingerprint density at radius 3 is 2.06 bits per heavy atom. The van der Waals surface area contributed by atoms with Crippen molar-refractivity contribution in [3.05, 3.63) is 15.2 Å². The zero-order valence-electron chi connectivity index (χ0n) is 10.5. The second-order valence-corrected chi connectivity index (χ2v) is 4.96. The topological polar surface area (TPSA) is 53.7 Å². The second-order valence-electron chi connectivity index (χ2n) is 3.80. The first kappa shape index (κ1) is 14.4. The third-order valence-corrected chi connectivity index (χ3v) is 3.18. The predicted octanol–water partition coefficient (Wildman–Crippen LogP) is 2.21. The summed E-state index contributed by atoms with van der Waals surface area (Å²) >= 11 is 2.21. The Morgan fingerprint density at radius 2 is 1.65 bits per heavy atom. The number of hydrogen-bond acceptors (Lipinski definition) is 4. The van der Waals surface area contributed by atoms with Crippen molar-refractivity contribution in [3.63, 3.8) is 0 Å². The maximum Gasteiger partial charge on any atom is 0.204 e. The fourth-order valence-corrected chi connectivity index (χ4v) is 2.58. The van der Waals surface area contributed by atoms with Gasteiger partial charge in [0.15, 0.2) is 11.5 Å². The Balaban J connectivity index is 3.36. The molecule has 1 atom stereocenters. The lowest BCUT2D eigenvalue weighted by molar-refractivity contribution is 0.320. The average Bonchev–Trinajstić information content (AvgIpc) is 2.27. The molecule has 0 bridgehead atoms. The number of rotatable bonds is 5. The fourth-order valence-electron chi connectivity index (χ4n) is 1.74. The lowest BCUT2D eigenvalue weighted by Crippen LogP contribution is -2.18. The van der Waals surface area contributed by atoms with E-state index in [-0.39, 0.29) is 6.04 Å². The Bertz CT molecular complexity index is 394. The highest BCUT2D eigenvalue weighted by atomic mass is 127. The molecule has 17 heavy (non-hydrogen) atoms. The molecule has 96 valence electrons. The normalized spacial score (nSPS) is 12.1. The average molecular weight is 351 g/mol. The van der Waals surface area contributed by atoms with Crippen LogP contribution in [0.15, 0.2) is 6.07 Å². The van der Waals surface area contributed by atoms with E-state index in [2.05, 4.69) is 22.6 Å². The van der Waals surface area contributed by atoms with Crippen molar-refractivity contribution in [2.75, 3.05) is 21.3 Å². The van der Waals surface area contributed by atoms with E-state index in [1.807, 2.05) is 13.0 Å². The second kappa shape index (κ2) is 6.30. The molecule has 0 spiro atoms. The van der Waals surface area contributed by atoms with E-state index in [4.69, 9.17) is 19.9 Å². The SMILES string of the molecule is COc1c(I)cc(CC(C)N)c(OC)c1OC. The Morgan fingerprint density at radius 1 is 1.12 bits per heavy atom. The molecule has 0 aromatic heterocycles. The maximum absolute atomic E-state index is 5.83. The van der Waals surface area contributed by atoms with Crippen LogP contribution >= 0.6 is 22.6 Å². The summed E-state index contributed by atoms with van der Waals surface area (Å²) in [5.41, 5.74) is 6.86. The lowest BCUT2D eigenvalue weighted by atomic mass is 10.1. The van der Waals surface area contributed by atoms with Crippen LogP contribution in [-0.2, 0) is 6.42 Å². The zero-order chi connectivity index (χ0) is 13.0. The predicted molar refractivity (Wildman–Crippen MR) is 76.2 cm³/mol. The molecule has 0 saturated heterocycles. The molecule has 1 aromatic carbocycles. The van der Waals surface area contributed by atoms with Gasteiger partial charge in [0.05, 0.1) is 24.9 Å². The molecule has 0 fully saturated rings. The summed E-state index contributed by atoms with van der Waals surface area (Å²) in [5, 5.41) is 0. The molecule has 1 rings (SSSR count). The van der Waals surface area contributed by atoms with Crippen molar-refractivity contribution in [3.8, 4) is 17.2 Å². The van der Waals surface area contributed by atoms with Crippen LogP contribution in [0.5, 0.6) is 17.2 Å². The van der Waals surface area contributed by atoms with Crippen molar-refractivity contribution >= 4 is 22.6 Å². The minimum absolute atomic E-state index is 0.0674. The first-order valence-corrected chi connectivity index (χ1v) is 6.35. The Kier molecular flexibility index (Phi) is 5.32. The molecular weight excluding hydrogens is 333 g/mol. The van der Waals surface area contributed by atoms with Crippen LogP contribution < -0.4 is 19.9 Å². The molecule has 5 heteroatoms. The summed E-state index contributed by atoms with van der Waals surface area (Å²) in [4.78, 5) is 0. The van der Waals surface area contributed by atoms with Crippen molar-refractivity contribution in [2.24, 2.45) is 5.73 Å². The summed E-state index contributed by atoms with van der Waals surface area (Å²) in [6, 6.07) is 2.09. The van der Waals surface area contributed by atoms with Crippen molar-refractivity contribution in [1.82, 2.24) is 0 Å². The molecule has 0 radical (unpaired) electrons. The first-order valence-electron chi connectivity index (χ1n) is 5.28. The molecule has 0 amide bonds. The van der Waals surface area contributed by atoms with E-state index in [1.165, 1.54) is 0 Å². The highest BCUT2D eigenvalue weighted by molar-refractivity contribution is 14.1. The third-order valence-electron chi connectivity index (χ3n) is 2.38. The maximum atomic E-state index is 5.83. The van der Waals surface area contributed by atoms with Crippen LogP contribution in [0.4, 0.5) is 0 Å². The first-order chi connectivity index (χ1) is 8.04. The zero-order valence-corrected chi connectivity index (χ0v) is 12.7. The lowest BCUT2D eigenvalue weighted by Gasteiger charge is -2.18. The van der Waals surface area contributed by atoms with E-state index < -0.39 is 0 Å². The van der Waals surface area contributed by atoms with Crippen LogP contribution in [0, 0.1) is 3.57 Å². The van der Waals surface area contributed by atoms with Gasteiger partial charge < -0.3 is 19.9 Å². The number of benzene rings is 1. The Hall–Kier alpha value is -0.690. The minimum Gasteiger partial charge on any atom is -0.492 e. The molecule has 2 N–H and O–H groups in total. The van der Waals surface area contributed by atoms with Crippen LogP contribution in [-0.4, -0.2) is 27.4 Å². The van der Waals surface area contributed by atoms with Crippen LogP contribution in [0.3, 0.4) is 0 Å². The van der Waals surface area contributed by atoms with Gasteiger partial charge in [0.25, 0.3) is 0 Å². The molecule has 0 aliphatic carbocycles. The minimum atomic E-state index is 0.0674. The van der Waals surface area contributed by atoms with E-state index in [1.54, 1.807) is 21.3 Å². The van der Waals surface area contributed by atoms with Crippen LogP contribution in [0.1, 0.15) is 12.5 Å². The van der Waals surface area contributed by atoms with Gasteiger partial charge in [0, 0.05) is 11.6 Å². The van der Waals surface area contributed by atoms with Crippen molar-refractivity contribution in [1.29, 1.82) is 0 Å². The highest BCUT2D eigenvalue weighted by Gasteiger charge is 2.19. The van der Waals surface area contributed by atoms with Gasteiger partial charge in [-0.15, -0.1) is 0 Å². The van der Waals surface area contributed by atoms with E-state index in [0.29, 0.717) is 17.2 Å². The van der Waals surface area contributed by atoms with Gasteiger partial charge in [0.1, 0.15) is 0 Å². The van der Waals surface area contributed by atoms with Crippen molar-refractivity contribution in [2.45, 2.75) is 19.4 Å². The molecule has 0 heterocycles. The van der Waals surface area contributed by atoms with Gasteiger partial charge in [-0.25, -0.2) is 0 Å². The summed E-state index contributed by atoms with van der Waals surface area (Å²) < 4.78 is 17.1. The fraction of sp³-hybridized carbons (Fsp3) is 0.500. The number of nitrogens with two attached hydrogens (primary N) is 1. The monoisotopic (exact) mass is 351 g/mol. The van der Waals surface area contributed by atoms with Crippen molar-refractivity contribution < 1.29 is 14.2 Å². The molecule has 0 aliphatic heterocycles. The molecule has 1 unspecified atom stereocenters. The molecule has 4 nitrogen and oxygen atoms in total. The van der Waals surface area contributed by atoms with Gasteiger partial charge >= 0.3 is 0 Å². The van der Waals surface area contributed by atoms with E-state index in [9.17, 15) is 0 Å². The summed E-state index contributed by atoms with van der Waals surface area (Å²) in [6.07, 6.45) is 0.736.